The van der Waals surface area contributed by atoms with Crippen molar-refractivity contribution in [2.45, 2.75) is 13.3 Å². The molecule has 19 heavy (non-hydrogen) atoms. The van der Waals surface area contributed by atoms with E-state index in [4.69, 9.17) is 0 Å². The predicted octanol–water partition coefficient (Wildman–Crippen LogP) is 2.44. The van der Waals surface area contributed by atoms with Crippen molar-refractivity contribution >= 4 is 0 Å². The van der Waals surface area contributed by atoms with Crippen LogP contribution in [0, 0.1) is 18.6 Å². The highest BCUT2D eigenvalue weighted by Gasteiger charge is 2.18. The van der Waals surface area contributed by atoms with Gasteiger partial charge in [0.15, 0.2) is 0 Å². The van der Waals surface area contributed by atoms with Gasteiger partial charge in [-0.3, -0.25) is 4.68 Å². The molecule has 0 saturated carbocycles. The quantitative estimate of drug-likeness (QED) is 0.920. The first-order chi connectivity index (χ1) is 9.04. The number of aromatic nitrogens is 2. The smallest absolute Gasteiger partial charge is 0.131 e. The lowest BCUT2D eigenvalue weighted by Crippen LogP contribution is -2.11. The molecule has 5 heteroatoms. The third-order valence-corrected chi connectivity index (χ3v) is 3.22. The number of aryl methyl sites for hydroxylation is 1. The minimum atomic E-state index is -0.445. The van der Waals surface area contributed by atoms with Gasteiger partial charge in [-0.15, -0.1) is 0 Å². The Hall–Kier alpha value is -1.75. The lowest BCUT2D eigenvalue weighted by molar-refractivity contribution is 0.603. The molecule has 0 unspecified atom stereocenters. The van der Waals surface area contributed by atoms with Crippen LogP contribution in [0.1, 0.15) is 11.4 Å². The van der Waals surface area contributed by atoms with Crippen LogP contribution >= 0.6 is 0 Å². The van der Waals surface area contributed by atoms with Crippen molar-refractivity contribution in [1.82, 2.24) is 15.1 Å². The van der Waals surface area contributed by atoms with E-state index < -0.39 is 11.6 Å². The molecule has 0 aliphatic heterocycles. The third kappa shape index (κ3) is 2.66. The van der Waals surface area contributed by atoms with E-state index in [0.717, 1.165) is 30.1 Å². The van der Waals surface area contributed by atoms with Crippen molar-refractivity contribution in [1.29, 1.82) is 0 Å². The van der Waals surface area contributed by atoms with E-state index in [1.54, 1.807) is 11.7 Å². The summed E-state index contributed by atoms with van der Waals surface area (Å²) in [4.78, 5) is 0. The van der Waals surface area contributed by atoms with Gasteiger partial charge in [-0.05, 0) is 32.2 Å². The van der Waals surface area contributed by atoms with Crippen molar-refractivity contribution in [3.05, 3.63) is 41.2 Å². The fourth-order valence-electron chi connectivity index (χ4n) is 2.13. The molecule has 2 aromatic rings. The summed E-state index contributed by atoms with van der Waals surface area (Å²) in [7, 11) is 3.65. The average molecular weight is 265 g/mol. The highest BCUT2D eigenvalue weighted by molar-refractivity contribution is 5.69. The standard InChI is InChI=1S/C14H17F2N3/c1-9-14(11-8-10(15)4-5-12(11)16)13(6-7-17-2)18-19(9)3/h4-5,8,17H,6-7H2,1-3H3. The number of hydrogen-bond donors (Lipinski definition) is 1. The minimum absolute atomic E-state index is 0.275. The lowest BCUT2D eigenvalue weighted by Gasteiger charge is -2.06. The molecule has 3 nitrogen and oxygen atoms in total. The summed E-state index contributed by atoms with van der Waals surface area (Å²) in [6, 6.07) is 3.50. The molecule has 102 valence electrons. The van der Waals surface area contributed by atoms with Gasteiger partial charge in [0.2, 0.25) is 0 Å². The SMILES string of the molecule is CNCCc1nn(C)c(C)c1-c1cc(F)ccc1F. The van der Waals surface area contributed by atoms with Gasteiger partial charge in [0, 0.05) is 36.8 Å². The maximum atomic E-state index is 13.9. The average Bonchev–Trinajstić information content (AvgIpc) is 2.66. The molecule has 0 aliphatic carbocycles. The summed E-state index contributed by atoms with van der Waals surface area (Å²) in [5.74, 6) is -0.873. The zero-order valence-corrected chi connectivity index (χ0v) is 11.3. The maximum absolute atomic E-state index is 13.9. The fourth-order valence-corrected chi connectivity index (χ4v) is 2.13. The van der Waals surface area contributed by atoms with Crippen molar-refractivity contribution in [3.8, 4) is 11.1 Å². The normalized spacial score (nSPS) is 11.0. The van der Waals surface area contributed by atoms with Crippen LogP contribution in [0.15, 0.2) is 18.2 Å². The molecular formula is C14H17F2N3. The molecule has 0 saturated heterocycles. The Morgan fingerprint density at radius 2 is 2.05 bits per heavy atom. The Morgan fingerprint density at radius 3 is 2.74 bits per heavy atom. The molecule has 0 radical (unpaired) electrons. The van der Waals surface area contributed by atoms with Gasteiger partial charge in [0.1, 0.15) is 11.6 Å². The summed E-state index contributed by atoms with van der Waals surface area (Å²) in [5, 5.41) is 7.41. The molecule has 0 atom stereocenters. The first-order valence-electron chi connectivity index (χ1n) is 6.17. The van der Waals surface area contributed by atoms with Crippen LogP contribution in [-0.4, -0.2) is 23.4 Å². The van der Waals surface area contributed by atoms with E-state index in [1.165, 1.54) is 6.07 Å². The zero-order valence-electron chi connectivity index (χ0n) is 11.3. The molecule has 0 fully saturated rings. The molecule has 1 aromatic carbocycles. The van der Waals surface area contributed by atoms with Gasteiger partial charge in [-0.2, -0.15) is 5.10 Å². The van der Waals surface area contributed by atoms with Gasteiger partial charge < -0.3 is 5.32 Å². The van der Waals surface area contributed by atoms with Crippen LogP contribution in [0.25, 0.3) is 11.1 Å². The number of hydrogen-bond acceptors (Lipinski definition) is 2. The van der Waals surface area contributed by atoms with Gasteiger partial charge in [0.05, 0.1) is 5.69 Å². The van der Waals surface area contributed by atoms with E-state index in [1.807, 2.05) is 14.0 Å². The van der Waals surface area contributed by atoms with Gasteiger partial charge in [0.25, 0.3) is 0 Å². The maximum Gasteiger partial charge on any atom is 0.131 e. The Labute approximate surface area is 111 Å². The topological polar surface area (TPSA) is 29.9 Å². The van der Waals surface area contributed by atoms with Crippen molar-refractivity contribution in [2.75, 3.05) is 13.6 Å². The second-order valence-corrected chi connectivity index (χ2v) is 4.51. The third-order valence-electron chi connectivity index (χ3n) is 3.22. The lowest BCUT2D eigenvalue weighted by atomic mass is 10.0. The molecule has 1 N–H and O–H groups in total. The van der Waals surface area contributed by atoms with Gasteiger partial charge >= 0.3 is 0 Å². The molecule has 2 rings (SSSR count). The minimum Gasteiger partial charge on any atom is -0.319 e. The second kappa shape index (κ2) is 5.48. The number of nitrogens with zero attached hydrogens (tertiary/aromatic N) is 2. The predicted molar refractivity (Wildman–Crippen MR) is 70.9 cm³/mol. The summed E-state index contributed by atoms with van der Waals surface area (Å²) in [6.45, 7) is 2.59. The highest BCUT2D eigenvalue weighted by atomic mass is 19.1. The van der Waals surface area contributed by atoms with E-state index in [0.29, 0.717) is 12.0 Å². The molecule has 1 heterocycles. The molecule has 0 amide bonds. The molecule has 0 spiro atoms. The van der Waals surface area contributed by atoms with Crippen LogP contribution in [0.2, 0.25) is 0 Å². The Kier molecular flexibility index (Phi) is 3.95. The van der Waals surface area contributed by atoms with E-state index >= 15 is 0 Å². The van der Waals surface area contributed by atoms with Crippen molar-refractivity contribution < 1.29 is 8.78 Å². The van der Waals surface area contributed by atoms with E-state index in [9.17, 15) is 8.78 Å². The van der Waals surface area contributed by atoms with Crippen molar-refractivity contribution in [2.24, 2.45) is 7.05 Å². The second-order valence-electron chi connectivity index (χ2n) is 4.51. The molecule has 0 bridgehead atoms. The number of rotatable bonds is 4. The number of halogens is 2. The molecular weight excluding hydrogens is 248 g/mol. The number of benzene rings is 1. The number of likely N-dealkylation sites (N-methyl/N-ethyl adjacent to an activating group) is 1. The summed E-state index contributed by atoms with van der Waals surface area (Å²) >= 11 is 0. The summed E-state index contributed by atoms with van der Waals surface area (Å²) < 4.78 is 29.0. The first-order valence-corrected chi connectivity index (χ1v) is 6.17. The largest absolute Gasteiger partial charge is 0.319 e. The van der Waals surface area contributed by atoms with Crippen LogP contribution in [0.5, 0.6) is 0 Å². The molecule has 1 aromatic heterocycles. The Bertz CT molecular complexity index is 591. The number of nitrogens with one attached hydrogen (secondary N) is 1. The summed E-state index contributed by atoms with van der Waals surface area (Å²) in [5.41, 5.74) is 2.57. The zero-order chi connectivity index (χ0) is 14.0. The monoisotopic (exact) mass is 265 g/mol. The molecule has 0 aliphatic rings. The van der Waals surface area contributed by atoms with Gasteiger partial charge in [-0.25, -0.2) is 8.78 Å². The van der Waals surface area contributed by atoms with Gasteiger partial charge in [-0.1, -0.05) is 0 Å². The van der Waals surface area contributed by atoms with Crippen LogP contribution in [0.4, 0.5) is 8.78 Å². The fraction of sp³-hybridized carbons (Fsp3) is 0.357. The van der Waals surface area contributed by atoms with Crippen molar-refractivity contribution in [3.63, 3.8) is 0 Å². The Balaban J connectivity index is 2.56. The van der Waals surface area contributed by atoms with E-state index in [2.05, 4.69) is 10.4 Å². The van der Waals surface area contributed by atoms with Crippen LogP contribution < -0.4 is 5.32 Å². The Morgan fingerprint density at radius 1 is 1.32 bits per heavy atom. The van der Waals surface area contributed by atoms with Crippen LogP contribution in [-0.2, 0) is 13.5 Å². The highest BCUT2D eigenvalue weighted by Crippen LogP contribution is 2.30. The van der Waals surface area contributed by atoms with E-state index in [-0.39, 0.29) is 5.56 Å². The van der Waals surface area contributed by atoms with Crippen LogP contribution in [0.3, 0.4) is 0 Å². The summed E-state index contributed by atoms with van der Waals surface area (Å²) in [6.07, 6.45) is 0.670. The first kappa shape index (κ1) is 13.7.